The zero-order chi connectivity index (χ0) is 14.5. The lowest BCUT2D eigenvalue weighted by Crippen LogP contribution is -1.98. The number of hydrogen-bond donors (Lipinski definition) is 2. The number of nitrogens with zero attached hydrogens (tertiary/aromatic N) is 2. The van der Waals surface area contributed by atoms with Gasteiger partial charge in [-0.3, -0.25) is 5.10 Å². The van der Waals surface area contributed by atoms with Gasteiger partial charge in [-0.05, 0) is 30.8 Å². The molecule has 0 aliphatic rings. The Labute approximate surface area is 119 Å². The molecule has 1 aromatic carbocycles. The van der Waals surface area contributed by atoms with Crippen LogP contribution < -0.4 is 4.74 Å². The van der Waals surface area contributed by atoms with Gasteiger partial charge in [0.1, 0.15) is 16.5 Å². The van der Waals surface area contributed by atoms with Crippen LogP contribution in [0.1, 0.15) is 11.4 Å². The van der Waals surface area contributed by atoms with Crippen LogP contribution in [0.2, 0.25) is 0 Å². The minimum atomic E-state index is -1.04. The number of methoxy groups -OCH3 is 1. The van der Waals surface area contributed by atoms with Crippen LogP contribution in [0.25, 0.3) is 6.08 Å². The summed E-state index contributed by atoms with van der Waals surface area (Å²) in [4.78, 5) is 15.5. The van der Waals surface area contributed by atoms with Crippen LogP contribution >= 0.6 is 11.8 Å². The lowest BCUT2D eigenvalue weighted by molar-refractivity contribution is -0.131. The van der Waals surface area contributed by atoms with Gasteiger partial charge in [-0.2, -0.15) is 0 Å². The third-order valence-corrected chi connectivity index (χ3v) is 3.29. The highest BCUT2D eigenvalue weighted by molar-refractivity contribution is 8.04. The van der Waals surface area contributed by atoms with E-state index in [2.05, 4.69) is 15.2 Å². The lowest BCUT2D eigenvalue weighted by atomic mass is 10.2. The Balaban J connectivity index is 2.32. The molecule has 2 N–H and O–H groups in total. The number of rotatable bonds is 5. The number of benzene rings is 1. The molecule has 0 spiro atoms. The Morgan fingerprint density at radius 1 is 1.45 bits per heavy atom. The summed E-state index contributed by atoms with van der Waals surface area (Å²) in [5.41, 5.74) is 0.687. The summed E-state index contributed by atoms with van der Waals surface area (Å²) in [7, 11) is 1.54. The number of nitrogens with one attached hydrogen (secondary N) is 1. The fourth-order valence-electron chi connectivity index (χ4n) is 1.53. The van der Waals surface area contributed by atoms with E-state index < -0.39 is 5.97 Å². The molecular formula is C13H13N3O3S. The molecule has 104 valence electrons. The Morgan fingerprint density at radius 2 is 2.20 bits per heavy atom. The monoisotopic (exact) mass is 291 g/mol. The molecular weight excluding hydrogens is 278 g/mol. The van der Waals surface area contributed by atoms with Crippen LogP contribution in [0.4, 0.5) is 0 Å². The number of aryl methyl sites for hydroxylation is 1. The maximum absolute atomic E-state index is 11.3. The molecule has 0 bridgehead atoms. The number of carboxylic acid groups (broad SMARTS) is 1. The fourth-order valence-corrected chi connectivity index (χ4v) is 2.27. The van der Waals surface area contributed by atoms with Gasteiger partial charge in [0.15, 0.2) is 0 Å². The summed E-state index contributed by atoms with van der Waals surface area (Å²) in [5, 5.41) is 16.2. The number of para-hydroxylation sites is 1. The standard InChI is InChI=1S/C13H13N3O3S/c1-8-14-13(16-15-8)20-11(12(17)18)7-9-5-3-4-6-10(9)19-2/h3-7H,1-2H3,(H,17,18)(H,14,15,16)/b11-7-. The minimum absolute atomic E-state index is 0.119. The molecule has 0 saturated heterocycles. The first-order valence-electron chi connectivity index (χ1n) is 5.75. The molecule has 2 aromatic rings. The minimum Gasteiger partial charge on any atom is -0.496 e. The maximum atomic E-state index is 11.3. The summed E-state index contributed by atoms with van der Waals surface area (Å²) in [6.07, 6.45) is 1.54. The normalized spacial score (nSPS) is 11.4. The molecule has 1 aromatic heterocycles. The second-order valence-corrected chi connectivity index (χ2v) is 4.87. The molecule has 0 amide bonds. The quantitative estimate of drug-likeness (QED) is 0.649. The van der Waals surface area contributed by atoms with E-state index in [0.29, 0.717) is 22.3 Å². The molecule has 0 fully saturated rings. The van der Waals surface area contributed by atoms with E-state index in [1.807, 2.05) is 12.1 Å². The average Bonchev–Trinajstić information content (AvgIpc) is 2.84. The average molecular weight is 291 g/mol. The van der Waals surface area contributed by atoms with Crippen LogP contribution in [0.3, 0.4) is 0 Å². The van der Waals surface area contributed by atoms with Crippen molar-refractivity contribution in [1.82, 2.24) is 15.2 Å². The highest BCUT2D eigenvalue weighted by Gasteiger charge is 2.14. The van der Waals surface area contributed by atoms with Gasteiger partial charge in [0.2, 0.25) is 5.16 Å². The van der Waals surface area contributed by atoms with E-state index in [0.717, 1.165) is 11.8 Å². The van der Waals surface area contributed by atoms with Gasteiger partial charge in [0, 0.05) is 5.56 Å². The van der Waals surface area contributed by atoms with Crippen LogP contribution in [-0.4, -0.2) is 33.4 Å². The van der Waals surface area contributed by atoms with Gasteiger partial charge in [0.25, 0.3) is 0 Å². The largest absolute Gasteiger partial charge is 0.496 e. The van der Waals surface area contributed by atoms with Crippen LogP contribution in [-0.2, 0) is 4.79 Å². The summed E-state index contributed by atoms with van der Waals surface area (Å²) in [6, 6.07) is 7.19. The topological polar surface area (TPSA) is 88.1 Å². The number of carboxylic acids is 1. The molecule has 20 heavy (non-hydrogen) atoms. The third kappa shape index (κ3) is 3.39. The number of hydrogen-bond acceptors (Lipinski definition) is 5. The molecule has 0 radical (unpaired) electrons. The van der Waals surface area contributed by atoms with Crippen LogP contribution in [0.15, 0.2) is 34.3 Å². The van der Waals surface area contributed by atoms with Gasteiger partial charge in [0.05, 0.1) is 7.11 Å². The molecule has 0 aliphatic heterocycles. The molecule has 0 saturated carbocycles. The van der Waals surface area contributed by atoms with E-state index >= 15 is 0 Å². The predicted molar refractivity (Wildman–Crippen MR) is 75.6 cm³/mol. The second kappa shape index (κ2) is 6.25. The Bertz CT molecular complexity index is 652. The van der Waals surface area contributed by atoms with Crippen molar-refractivity contribution in [3.8, 4) is 5.75 Å². The first kappa shape index (κ1) is 14.1. The van der Waals surface area contributed by atoms with Crippen molar-refractivity contribution < 1.29 is 14.6 Å². The van der Waals surface area contributed by atoms with E-state index in [9.17, 15) is 9.90 Å². The van der Waals surface area contributed by atoms with Crippen molar-refractivity contribution in [1.29, 1.82) is 0 Å². The smallest absolute Gasteiger partial charge is 0.342 e. The summed E-state index contributed by atoms with van der Waals surface area (Å²) >= 11 is 0.984. The number of aromatic amines is 1. The highest BCUT2D eigenvalue weighted by Crippen LogP contribution is 2.28. The number of aliphatic carboxylic acids is 1. The van der Waals surface area contributed by atoms with Crippen molar-refractivity contribution in [3.05, 3.63) is 40.6 Å². The molecule has 2 rings (SSSR count). The van der Waals surface area contributed by atoms with Crippen molar-refractivity contribution in [2.45, 2.75) is 12.1 Å². The number of aromatic nitrogens is 3. The predicted octanol–water partition coefficient (Wildman–Crippen LogP) is 2.34. The molecule has 0 aliphatic carbocycles. The van der Waals surface area contributed by atoms with Crippen LogP contribution in [0.5, 0.6) is 5.75 Å². The molecule has 7 heteroatoms. The van der Waals surface area contributed by atoms with Crippen molar-refractivity contribution >= 4 is 23.8 Å². The Kier molecular flexibility index (Phi) is 4.41. The van der Waals surface area contributed by atoms with E-state index in [1.54, 1.807) is 26.2 Å². The van der Waals surface area contributed by atoms with E-state index in [4.69, 9.17) is 4.74 Å². The first-order chi connectivity index (χ1) is 9.60. The van der Waals surface area contributed by atoms with Gasteiger partial charge in [-0.25, -0.2) is 9.78 Å². The Morgan fingerprint density at radius 3 is 2.80 bits per heavy atom. The number of carbonyl (C=O) groups is 1. The lowest BCUT2D eigenvalue weighted by Gasteiger charge is -2.05. The zero-order valence-corrected chi connectivity index (χ0v) is 11.8. The van der Waals surface area contributed by atoms with E-state index in [1.165, 1.54) is 6.08 Å². The first-order valence-corrected chi connectivity index (χ1v) is 6.56. The fraction of sp³-hybridized carbons (Fsp3) is 0.154. The second-order valence-electron chi connectivity index (χ2n) is 3.86. The summed E-state index contributed by atoms with van der Waals surface area (Å²) in [6.45, 7) is 1.75. The molecule has 0 unspecified atom stereocenters. The molecule has 1 heterocycles. The number of ether oxygens (including phenoxy) is 1. The molecule has 6 nitrogen and oxygen atoms in total. The van der Waals surface area contributed by atoms with Crippen molar-refractivity contribution in [2.24, 2.45) is 0 Å². The van der Waals surface area contributed by atoms with Gasteiger partial charge >= 0.3 is 5.97 Å². The SMILES string of the molecule is COc1ccccc1/C=C(\Sc1n[nH]c(C)n1)C(=O)O. The summed E-state index contributed by atoms with van der Waals surface area (Å²) < 4.78 is 5.20. The zero-order valence-electron chi connectivity index (χ0n) is 11.0. The van der Waals surface area contributed by atoms with Crippen molar-refractivity contribution in [3.63, 3.8) is 0 Å². The molecule has 0 atom stereocenters. The number of thioether (sulfide) groups is 1. The van der Waals surface area contributed by atoms with Gasteiger partial charge in [-0.15, -0.1) is 5.10 Å². The number of H-pyrrole nitrogens is 1. The third-order valence-electron chi connectivity index (χ3n) is 2.41. The van der Waals surface area contributed by atoms with Gasteiger partial charge in [-0.1, -0.05) is 18.2 Å². The van der Waals surface area contributed by atoms with Crippen molar-refractivity contribution in [2.75, 3.05) is 7.11 Å². The van der Waals surface area contributed by atoms with Crippen LogP contribution in [0, 0.1) is 6.92 Å². The van der Waals surface area contributed by atoms with E-state index in [-0.39, 0.29) is 4.91 Å². The van der Waals surface area contributed by atoms with Gasteiger partial charge < -0.3 is 9.84 Å². The highest BCUT2D eigenvalue weighted by atomic mass is 32.2. The summed E-state index contributed by atoms with van der Waals surface area (Å²) in [5.74, 6) is 0.205. The Hall–Kier alpha value is -2.28. The maximum Gasteiger partial charge on any atom is 0.342 e.